The number of allylic oxidation sites excluding steroid dienone is 4. The average molecular weight is 313 g/mol. The Hall–Kier alpha value is -2.89. The molecule has 0 fully saturated rings. The first-order chi connectivity index (χ1) is 10.9. The zero-order valence-electron chi connectivity index (χ0n) is 13.6. The van der Waals surface area contributed by atoms with Gasteiger partial charge in [-0.3, -0.25) is 4.79 Å². The van der Waals surface area contributed by atoms with E-state index in [9.17, 15) is 4.79 Å². The molecule has 6 heteroatoms. The van der Waals surface area contributed by atoms with Gasteiger partial charge in [-0.05, 0) is 33.8 Å². The summed E-state index contributed by atoms with van der Waals surface area (Å²) in [6.45, 7) is 11.0. The van der Waals surface area contributed by atoms with E-state index in [-0.39, 0.29) is 11.7 Å². The van der Waals surface area contributed by atoms with Gasteiger partial charge in [0.2, 0.25) is 5.76 Å². The predicted molar refractivity (Wildman–Crippen MR) is 86.7 cm³/mol. The minimum atomic E-state index is -0.320. The highest BCUT2D eigenvalue weighted by molar-refractivity contribution is 6.01. The van der Waals surface area contributed by atoms with E-state index in [0.717, 1.165) is 5.57 Å². The monoisotopic (exact) mass is 313 g/mol. The van der Waals surface area contributed by atoms with Gasteiger partial charge < -0.3 is 14.4 Å². The molecule has 0 unspecified atom stereocenters. The minimum Gasteiger partial charge on any atom is -0.361 e. The van der Waals surface area contributed by atoms with Crippen LogP contribution in [0.3, 0.4) is 0 Å². The van der Waals surface area contributed by atoms with Crippen LogP contribution in [0.4, 0.5) is 0 Å². The van der Waals surface area contributed by atoms with Crippen molar-refractivity contribution in [3.05, 3.63) is 59.2 Å². The Morgan fingerprint density at radius 1 is 1.26 bits per heavy atom. The second-order valence-corrected chi connectivity index (χ2v) is 5.17. The minimum absolute atomic E-state index is 0.288. The van der Waals surface area contributed by atoms with Gasteiger partial charge in [-0.1, -0.05) is 34.6 Å². The fourth-order valence-corrected chi connectivity index (χ4v) is 1.92. The molecule has 1 N–H and O–H groups in total. The summed E-state index contributed by atoms with van der Waals surface area (Å²) in [5, 5.41) is 10.6. The number of hydrogen-bond acceptors (Lipinski definition) is 5. The standard InChI is InChI=1S/C17H19N3O3/c1-6-13(8-7-10(2)3)18-17(21)15-12(5)19-23-16(15)14-9-11(4)22-20-14/h6-9H,2H2,1,3-5H3,(H,18,21)/b8-7-,13-6+. The third-order valence-electron chi connectivity index (χ3n) is 3.07. The molecule has 0 aliphatic carbocycles. The fraction of sp³-hybridized carbons (Fsp3) is 0.235. The fourth-order valence-electron chi connectivity index (χ4n) is 1.92. The van der Waals surface area contributed by atoms with Gasteiger partial charge in [0, 0.05) is 11.8 Å². The molecule has 0 bridgehead atoms. The number of nitrogens with zero attached hydrogens (tertiary/aromatic N) is 2. The molecule has 2 aromatic rings. The summed E-state index contributed by atoms with van der Waals surface area (Å²) in [6, 6.07) is 1.69. The van der Waals surface area contributed by atoms with E-state index in [1.54, 1.807) is 32.1 Å². The van der Waals surface area contributed by atoms with Crippen LogP contribution in [0.15, 0.2) is 51.2 Å². The lowest BCUT2D eigenvalue weighted by Crippen LogP contribution is -2.22. The molecule has 2 heterocycles. The predicted octanol–water partition coefficient (Wildman–Crippen LogP) is 3.71. The van der Waals surface area contributed by atoms with Crippen LogP contribution in [0.25, 0.3) is 11.5 Å². The first-order valence-electron chi connectivity index (χ1n) is 7.13. The summed E-state index contributed by atoms with van der Waals surface area (Å²) >= 11 is 0. The number of nitrogens with one attached hydrogen (secondary N) is 1. The molecule has 120 valence electrons. The first-order valence-corrected chi connectivity index (χ1v) is 7.13. The Kier molecular flexibility index (Phi) is 4.95. The van der Waals surface area contributed by atoms with E-state index in [4.69, 9.17) is 9.05 Å². The van der Waals surface area contributed by atoms with Crippen LogP contribution in [0.1, 0.15) is 35.7 Å². The number of aromatic nitrogens is 2. The van der Waals surface area contributed by atoms with Crippen molar-refractivity contribution in [2.24, 2.45) is 0 Å². The lowest BCUT2D eigenvalue weighted by molar-refractivity contribution is 0.0966. The zero-order valence-corrected chi connectivity index (χ0v) is 13.6. The van der Waals surface area contributed by atoms with Crippen LogP contribution in [0, 0.1) is 13.8 Å². The Bertz CT molecular complexity index is 794. The second-order valence-electron chi connectivity index (χ2n) is 5.17. The van der Waals surface area contributed by atoms with Crippen LogP contribution >= 0.6 is 0 Å². The highest BCUT2D eigenvalue weighted by Crippen LogP contribution is 2.26. The summed E-state index contributed by atoms with van der Waals surface area (Å²) in [6.07, 6.45) is 5.39. The van der Waals surface area contributed by atoms with Crippen molar-refractivity contribution < 1.29 is 13.8 Å². The highest BCUT2D eigenvalue weighted by atomic mass is 16.5. The highest BCUT2D eigenvalue weighted by Gasteiger charge is 2.24. The molecule has 0 radical (unpaired) electrons. The van der Waals surface area contributed by atoms with Crippen LogP contribution in [-0.2, 0) is 0 Å². The number of amides is 1. The van der Waals surface area contributed by atoms with Gasteiger partial charge >= 0.3 is 0 Å². The molecule has 0 saturated heterocycles. The van der Waals surface area contributed by atoms with E-state index in [2.05, 4.69) is 22.2 Å². The number of rotatable bonds is 5. The molecular weight excluding hydrogens is 294 g/mol. The lowest BCUT2D eigenvalue weighted by atomic mass is 10.1. The molecule has 0 aliphatic rings. The van der Waals surface area contributed by atoms with Crippen molar-refractivity contribution in [3.63, 3.8) is 0 Å². The number of carbonyl (C=O) groups excluding carboxylic acids is 1. The van der Waals surface area contributed by atoms with Crippen molar-refractivity contribution in [3.8, 4) is 11.5 Å². The Labute approximate surface area is 134 Å². The third kappa shape index (κ3) is 3.85. The van der Waals surface area contributed by atoms with Crippen molar-refractivity contribution in [2.75, 3.05) is 0 Å². The van der Waals surface area contributed by atoms with Crippen molar-refractivity contribution in [1.82, 2.24) is 15.6 Å². The van der Waals surface area contributed by atoms with Crippen LogP contribution < -0.4 is 5.32 Å². The van der Waals surface area contributed by atoms with Gasteiger partial charge in [0.25, 0.3) is 5.91 Å². The lowest BCUT2D eigenvalue weighted by Gasteiger charge is -2.05. The zero-order chi connectivity index (χ0) is 17.0. The topological polar surface area (TPSA) is 81.2 Å². The van der Waals surface area contributed by atoms with Crippen LogP contribution in [-0.4, -0.2) is 16.2 Å². The van der Waals surface area contributed by atoms with E-state index < -0.39 is 0 Å². The maximum atomic E-state index is 12.6. The number of aryl methyl sites for hydroxylation is 2. The smallest absolute Gasteiger partial charge is 0.261 e. The molecule has 2 aromatic heterocycles. The second kappa shape index (κ2) is 6.91. The first kappa shape index (κ1) is 16.5. The summed E-state index contributed by atoms with van der Waals surface area (Å²) in [5.41, 5.74) is 2.80. The van der Waals surface area contributed by atoms with Crippen LogP contribution in [0.2, 0.25) is 0 Å². The maximum Gasteiger partial charge on any atom is 0.261 e. The Balaban J connectivity index is 2.30. The molecule has 0 atom stereocenters. The van der Waals surface area contributed by atoms with Gasteiger partial charge in [0.05, 0.1) is 5.69 Å². The van der Waals surface area contributed by atoms with Gasteiger partial charge in [0.15, 0.2) is 5.69 Å². The molecule has 23 heavy (non-hydrogen) atoms. The van der Waals surface area contributed by atoms with Gasteiger partial charge in [0.1, 0.15) is 11.3 Å². The van der Waals surface area contributed by atoms with Crippen molar-refractivity contribution in [1.29, 1.82) is 0 Å². The summed E-state index contributed by atoms with van der Waals surface area (Å²) in [7, 11) is 0. The molecule has 0 aliphatic heterocycles. The van der Waals surface area contributed by atoms with E-state index in [0.29, 0.717) is 28.4 Å². The molecule has 0 spiro atoms. The Morgan fingerprint density at radius 2 is 2.00 bits per heavy atom. The molecular formula is C17H19N3O3. The largest absolute Gasteiger partial charge is 0.361 e. The molecule has 6 nitrogen and oxygen atoms in total. The van der Waals surface area contributed by atoms with E-state index >= 15 is 0 Å². The molecule has 2 rings (SSSR count). The number of carbonyl (C=O) groups is 1. The SMILES string of the molecule is C=C(C)/C=C\C(=C/C)NC(=O)c1c(C)noc1-c1cc(C)on1. The molecule has 0 saturated carbocycles. The summed E-state index contributed by atoms with van der Waals surface area (Å²) < 4.78 is 10.3. The van der Waals surface area contributed by atoms with Crippen molar-refractivity contribution in [2.45, 2.75) is 27.7 Å². The van der Waals surface area contributed by atoms with Gasteiger partial charge in [-0.25, -0.2) is 0 Å². The van der Waals surface area contributed by atoms with E-state index in [1.165, 1.54) is 0 Å². The number of hydrogen-bond donors (Lipinski definition) is 1. The van der Waals surface area contributed by atoms with Gasteiger partial charge in [-0.15, -0.1) is 0 Å². The van der Waals surface area contributed by atoms with Crippen molar-refractivity contribution >= 4 is 5.91 Å². The quantitative estimate of drug-likeness (QED) is 0.851. The van der Waals surface area contributed by atoms with E-state index in [1.807, 2.05) is 19.9 Å². The summed E-state index contributed by atoms with van der Waals surface area (Å²) in [4.78, 5) is 12.6. The maximum absolute atomic E-state index is 12.6. The third-order valence-corrected chi connectivity index (χ3v) is 3.07. The summed E-state index contributed by atoms with van der Waals surface area (Å²) in [5.74, 6) is 0.592. The van der Waals surface area contributed by atoms with Gasteiger partial charge in [-0.2, -0.15) is 0 Å². The normalized spacial score (nSPS) is 11.9. The average Bonchev–Trinajstić information content (AvgIpc) is 3.08. The Morgan fingerprint density at radius 3 is 2.57 bits per heavy atom. The molecule has 1 amide bonds. The van der Waals surface area contributed by atoms with Crippen LogP contribution in [0.5, 0.6) is 0 Å². The molecule has 0 aromatic carbocycles.